The number of hydrogen-bond acceptors (Lipinski definition) is 2. The smallest absolute Gasteiger partial charge is 1.00 e. The van der Waals surface area contributed by atoms with Gasteiger partial charge < -0.3 is 21.4 Å². The Bertz CT molecular complexity index is 704. The van der Waals surface area contributed by atoms with Crippen molar-refractivity contribution >= 4 is 13.7 Å². The monoisotopic (exact) mass is 389 g/mol. The standard InChI is InChI=1S/C18H21NO.Na.H3O4P.H/c1-2-18(20)19-12-11-16-9-6-10-17(14-16)13-15-7-4-3-5-8-15;;1-5(2,3)4;/h3-10,14H,2,11-13H2,1H3,(H,19,20);;(H3,1,2,3,4);/q;+1;;-1. The maximum Gasteiger partial charge on any atom is 1.00 e. The van der Waals surface area contributed by atoms with Gasteiger partial charge in [-0.25, -0.2) is 4.57 Å². The van der Waals surface area contributed by atoms with Crippen LogP contribution in [0.5, 0.6) is 0 Å². The van der Waals surface area contributed by atoms with E-state index in [-0.39, 0.29) is 36.9 Å². The van der Waals surface area contributed by atoms with Gasteiger partial charge in [-0.2, -0.15) is 0 Å². The van der Waals surface area contributed by atoms with E-state index in [0.717, 1.165) is 12.8 Å². The molecule has 6 nitrogen and oxygen atoms in total. The van der Waals surface area contributed by atoms with E-state index in [1.54, 1.807) is 0 Å². The number of hydrogen-bond donors (Lipinski definition) is 4. The molecule has 138 valence electrons. The number of nitrogens with one attached hydrogen (secondary N) is 1. The third-order valence-corrected chi connectivity index (χ3v) is 3.30. The van der Waals surface area contributed by atoms with Crippen LogP contribution in [0.4, 0.5) is 0 Å². The van der Waals surface area contributed by atoms with E-state index in [0.29, 0.717) is 13.0 Å². The largest absolute Gasteiger partial charge is 1.00 e. The average molecular weight is 389 g/mol. The Hall–Kier alpha value is -0.980. The Balaban J connectivity index is 0. The number of amides is 1. The summed E-state index contributed by atoms with van der Waals surface area (Å²) in [5.41, 5.74) is 3.91. The van der Waals surface area contributed by atoms with E-state index in [1.807, 2.05) is 13.0 Å². The van der Waals surface area contributed by atoms with Gasteiger partial charge in [0, 0.05) is 13.0 Å². The van der Waals surface area contributed by atoms with Crippen LogP contribution in [0.1, 0.15) is 31.5 Å². The Morgan fingerprint density at radius 3 is 2.12 bits per heavy atom. The van der Waals surface area contributed by atoms with E-state index >= 15 is 0 Å². The molecule has 0 aliphatic heterocycles. The Labute approximate surface area is 177 Å². The summed E-state index contributed by atoms with van der Waals surface area (Å²) in [6, 6.07) is 19.1. The third kappa shape index (κ3) is 13.3. The van der Waals surface area contributed by atoms with Crippen molar-refractivity contribution in [3.63, 3.8) is 0 Å². The van der Waals surface area contributed by atoms with Crippen LogP contribution in [-0.2, 0) is 22.2 Å². The van der Waals surface area contributed by atoms with Gasteiger partial charge >= 0.3 is 37.4 Å². The molecule has 0 bridgehead atoms. The summed E-state index contributed by atoms with van der Waals surface area (Å²) in [5, 5.41) is 2.91. The molecular formula is C18H25NNaO5P. The minimum atomic E-state index is -4.64. The van der Waals surface area contributed by atoms with Crippen LogP contribution in [0.2, 0.25) is 0 Å². The molecule has 0 saturated heterocycles. The molecule has 0 unspecified atom stereocenters. The van der Waals surface area contributed by atoms with E-state index in [1.165, 1.54) is 16.7 Å². The van der Waals surface area contributed by atoms with Crippen LogP contribution >= 0.6 is 7.82 Å². The number of carbonyl (C=O) groups is 1. The first-order valence-electron chi connectivity index (χ1n) is 7.94. The van der Waals surface area contributed by atoms with Gasteiger partial charge in [0.1, 0.15) is 0 Å². The van der Waals surface area contributed by atoms with Crippen molar-refractivity contribution in [1.29, 1.82) is 0 Å². The molecule has 0 saturated carbocycles. The molecule has 2 rings (SSSR count). The van der Waals surface area contributed by atoms with Gasteiger partial charge in [-0.05, 0) is 29.5 Å². The maximum absolute atomic E-state index is 11.2. The fraction of sp³-hybridized carbons (Fsp3) is 0.278. The second-order valence-electron chi connectivity index (χ2n) is 5.45. The van der Waals surface area contributed by atoms with Crippen molar-refractivity contribution < 1.29 is 55.0 Å². The fourth-order valence-electron chi connectivity index (χ4n) is 2.20. The van der Waals surface area contributed by atoms with Crippen molar-refractivity contribution in [2.75, 3.05) is 6.54 Å². The summed E-state index contributed by atoms with van der Waals surface area (Å²) >= 11 is 0. The van der Waals surface area contributed by atoms with E-state index in [4.69, 9.17) is 19.2 Å². The summed E-state index contributed by atoms with van der Waals surface area (Å²) in [6.45, 7) is 2.58. The molecule has 0 heterocycles. The summed E-state index contributed by atoms with van der Waals surface area (Å²) in [4.78, 5) is 32.8. The van der Waals surface area contributed by atoms with Gasteiger partial charge in [-0.1, -0.05) is 61.5 Å². The van der Waals surface area contributed by atoms with Crippen molar-refractivity contribution in [1.82, 2.24) is 5.32 Å². The first-order chi connectivity index (χ1) is 11.8. The predicted octanol–water partition coefficient (Wildman–Crippen LogP) is -0.466. The van der Waals surface area contributed by atoms with Crippen LogP contribution in [0, 0.1) is 0 Å². The summed E-state index contributed by atoms with van der Waals surface area (Å²) in [6.07, 6.45) is 2.39. The van der Waals surface area contributed by atoms with E-state index in [2.05, 4.69) is 53.8 Å². The molecule has 2 aromatic carbocycles. The molecule has 0 atom stereocenters. The molecule has 0 spiro atoms. The van der Waals surface area contributed by atoms with E-state index < -0.39 is 7.82 Å². The minimum absolute atomic E-state index is 0. The number of benzene rings is 2. The average Bonchev–Trinajstić information content (AvgIpc) is 2.54. The van der Waals surface area contributed by atoms with Crippen molar-refractivity contribution in [3.8, 4) is 0 Å². The quantitative estimate of drug-likeness (QED) is 0.395. The SMILES string of the molecule is CCC(=O)NCCc1cccc(Cc2ccccc2)c1.O=P(O)(O)O.[H-].[Na+]. The molecule has 0 aliphatic carbocycles. The zero-order valence-electron chi connectivity index (χ0n) is 16.1. The van der Waals surface area contributed by atoms with Gasteiger partial charge in [-0.3, -0.25) is 4.79 Å². The Morgan fingerprint density at radius 1 is 1.00 bits per heavy atom. The number of carbonyl (C=O) groups excluding carboxylic acids is 1. The summed E-state index contributed by atoms with van der Waals surface area (Å²) in [7, 11) is -4.64. The van der Waals surface area contributed by atoms with Crippen molar-refractivity contribution in [2.45, 2.75) is 26.2 Å². The van der Waals surface area contributed by atoms with Crippen LogP contribution in [0.15, 0.2) is 54.6 Å². The fourth-order valence-corrected chi connectivity index (χ4v) is 2.20. The Morgan fingerprint density at radius 2 is 1.54 bits per heavy atom. The van der Waals surface area contributed by atoms with Gasteiger partial charge in [-0.15, -0.1) is 0 Å². The number of rotatable bonds is 6. The summed E-state index contributed by atoms with van der Waals surface area (Å²) < 4.78 is 8.88. The number of phosphoric acid groups is 1. The molecule has 0 aliphatic rings. The molecule has 0 aromatic heterocycles. The molecule has 0 radical (unpaired) electrons. The first kappa shape index (κ1) is 25.0. The molecule has 26 heavy (non-hydrogen) atoms. The Kier molecular flexibility index (Phi) is 12.7. The minimum Gasteiger partial charge on any atom is -1.00 e. The van der Waals surface area contributed by atoms with Crippen molar-refractivity contribution in [2.24, 2.45) is 0 Å². The second-order valence-corrected chi connectivity index (χ2v) is 6.48. The zero-order chi connectivity index (χ0) is 18.7. The third-order valence-electron chi connectivity index (χ3n) is 3.30. The zero-order valence-corrected chi connectivity index (χ0v) is 18.0. The summed E-state index contributed by atoms with van der Waals surface area (Å²) in [5.74, 6) is 0.116. The van der Waals surface area contributed by atoms with Crippen LogP contribution in [0.3, 0.4) is 0 Å². The second kappa shape index (κ2) is 13.2. The normalized spacial score (nSPS) is 10.2. The molecule has 8 heteroatoms. The van der Waals surface area contributed by atoms with Crippen LogP contribution < -0.4 is 34.9 Å². The molecule has 1 amide bonds. The van der Waals surface area contributed by atoms with Crippen LogP contribution in [-0.4, -0.2) is 27.1 Å². The van der Waals surface area contributed by atoms with Crippen molar-refractivity contribution in [3.05, 3.63) is 71.3 Å². The van der Waals surface area contributed by atoms with Crippen LogP contribution in [0.25, 0.3) is 0 Å². The van der Waals surface area contributed by atoms with Gasteiger partial charge in [0.15, 0.2) is 0 Å². The van der Waals surface area contributed by atoms with Gasteiger partial charge in [0.05, 0.1) is 0 Å². The van der Waals surface area contributed by atoms with E-state index in [9.17, 15) is 4.79 Å². The molecule has 4 N–H and O–H groups in total. The molecular weight excluding hydrogens is 364 g/mol. The van der Waals surface area contributed by atoms with Gasteiger partial charge in [0.25, 0.3) is 0 Å². The topological polar surface area (TPSA) is 107 Å². The molecule has 0 fully saturated rings. The van der Waals surface area contributed by atoms with Gasteiger partial charge in [0.2, 0.25) is 5.91 Å². The predicted molar refractivity (Wildman–Crippen MR) is 98.1 cm³/mol. The first-order valence-corrected chi connectivity index (χ1v) is 9.51. The maximum atomic E-state index is 11.2. The molecule has 2 aromatic rings.